The van der Waals surface area contributed by atoms with Crippen LogP contribution >= 0.6 is 0 Å². The Morgan fingerprint density at radius 2 is 2.09 bits per heavy atom. The molecule has 4 nitrogen and oxygen atoms in total. The second kappa shape index (κ2) is 6.73. The summed E-state index contributed by atoms with van der Waals surface area (Å²) in [6.45, 7) is 1.98. The maximum Gasteiger partial charge on any atom is 0.222 e. The molecule has 4 heteroatoms. The molecule has 2 aromatic heterocycles. The van der Waals surface area contributed by atoms with Crippen LogP contribution < -0.4 is 0 Å². The number of furan rings is 1. The number of para-hydroxylation sites is 1. The van der Waals surface area contributed by atoms with E-state index >= 15 is 0 Å². The van der Waals surface area contributed by atoms with Crippen LogP contribution in [0.25, 0.3) is 10.9 Å². The van der Waals surface area contributed by atoms with Crippen LogP contribution in [0.15, 0.2) is 53.3 Å². The van der Waals surface area contributed by atoms with Crippen molar-refractivity contribution in [2.75, 3.05) is 7.05 Å². The number of carbonyl (C=O) groups is 1. The van der Waals surface area contributed by atoms with Gasteiger partial charge in [0, 0.05) is 30.6 Å². The van der Waals surface area contributed by atoms with Crippen molar-refractivity contribution in [1.29, 1.82) is 0 Å². The number of nitrogens with one attached hydrogen (secondary N) is 1. The lowest BCUT2D eigenvalue weighted by Crippen LogP contribution is -2.29. The van der Waals surface area contributed by atoms with Crippen molar-refractivity contribution >= 4 is 16.8 Å². The monoisotopic (exact) mass is 310 g/mol. The molecule has 1 N–H and O–H groups in total. The average molecular weight is 310 g/mol. The fourth-order valence-electron chi connectivity index (χ4n) is 2.88. The van der Waals surface area contributed by atoms with Gasteiger partial charge >= 0.3 is 0 Å². The Bertz CT molecular complexity index is 774. The minimum absolute atomic E-state index is 0.0365. The third-order valence-corrected chi connectivity index (χ3v) is 4.44. The standard InChI is InChI=1S/C19H22N2O2/c1-14(18-10-6-12-23-18)21(2)19(22)11-5-7-15-13-20-17-9-4-3-8-16(15)17/h3-4,6,8-10,12-14,20H,5,7,11H2,1-2H3. The highest BCUT2D eigenvalue weighted by atomic mass is 16.3. The van der Waals surface area contributed by atoms with Gasteiger partial charge in [0.2, 0.25) is 5.91 Å². The van der Waals surface area contributed by atoms with Crippen LogP contribution in [0.1, 0.15) is 37.1 Å². The van der Waals surface area contributed by atoms with Crippen LogP contribution in [-0.4, -0.2) is 22.8 Å². The van der Waals surface area contributed by atoms with E-state index < -0.39 is 0 Å². The van der Waals surface area contributed by atoms with Gasteiger partial charge in [-0.05, 0) is 43.5 Å². The molecule has 0 aliphatic carbocycles. The molecule has 2 heterocycles. The molecule has 0 radical (unpaired) electrons. The van der Waals surface area contributed by atoms with Crippen molar-refractivity contribution in [2.24, 2.45) is 0 Å². The van der Waals surface area contributed by atoms with Gasteiger partial charge < -0.3 is 14.3 Å². The van der Waals surface area contributed by atoms with E-state index in [9.17, 15) is 4.79 Å². The first-order valence-electron chi connectivity index (χ1n) is 8.01. The van der Waals surface area contributed by atoms with Crippen molar-refractivity contribution in [3.8, 4) is 0 Å². The number of aromatic nitrogens is 1. The number of amides is 1. The number of fused-ring (bicyclic) bond motifs is 1. The maximum absolute atomic E-state index is 12.3. The van der Waals surface area contributed by atoms with E-state index in [1.165, 1.54) is 10.9 Å². The highest BCUT2D eigenvalue weighted by Gasteiger charge is 2.19. The van der Waals surface area contributed by atoms with Crippen molar-refractivity contribution in [3.05, 3.63) is 60.2 Å². The van der Waals surface area contributed by atoms with Crippen LogP contribution in [0.5, 0.6) is 0 Å². The summed E-state index contributed by atoms with van der Waals surface area (Å²) in [5.74, 6) is 0.964. The first kappa shape index (κ1) is 15.4. The van der Waals surface area contributed by atoms with Gasteiger partial charge in [-0.3, -0.25) is 4.79 Å². The van der Waals surface area contributed by atoms with Crippen LogP contribution in [-0.2, 0) is 11.2 Å². The molecular weight excluding hydrogens is 288 g/mol. The molecule has 1 atom stereocenters. The van der Waals surface area contributed by atoms with Gasteiger partial charge in [-0.2, -0.15) is 0 Å². The minimum Gasteiger partial charge on any atom is -0.467 e. The van der Waals surface area contributed by atoms with Crippen molar-refractivity contribution in [3.63, 3.8) is 0 Å². The molecule has 0 saturated carbocycles. The zero-order chi connectivity index (χ0) is 16.2. The second-order valence-electron chi connectivity index (χ2n) is 5.91. The van der Waals surface area contributed by atoms with E-state index in [1.54, 1.807) is 11.2 Å². The minimum atomic E-state index is -0.0365. The molecule has 3 rings (SSSR count). The molecule has 0 aliphatic heterocycles. The Hall–Kier alpha value is -2.49. The summed E-state index contributed by atoms with van der Waals surface area (Å²) in [6, 6.07) is 12.0. The largest absolute Gasteiger partial charge is 0.467 e. The summed E-state index contributed by atoms with van der Waals surface area (Å²) < 4.78 is 5.38. The lowest BCUT2D eigenvalue weighted by atomic mass is 10.1. The zero-order valence-corrected chi connectivity index (χ0v) is 13.6. The van der Waals surface area contributed by atoms with E-state index in [0.29, 0.717) is 6.42 Å². The predicted molar refractivity (Wildman–Crippen MR) is 91.1 cm³/mol. The summed E-state index contributed by atoms with van der Waals surface area (Å²) >= 11 is 0. The topological polar surface area (TPSA) is 49.2 Å². The van der Waals surface area contributed by atoms with E-state index in [4.69, 9.17) is 4.42 Å². The average Bonchev–Trinajstić information content (AvgIpc) is 3.23. The van der Waals surface area contributed by atoms with Crippen LogP contribution in [0, 0.1) is 0 Å². The quantitative estimate of drug-likeness (QED) is 0.738. The molecule has 0 bridgehead atoms. The first-order chi connectivity index (χ1) is 11.2. The SMILES string of the molecule is CC(c1ccco1)N(C)C(=O)CCCc1c[nH]c2ccccc12. The molecule has 1 amide bonds. The maximum atomic E-state index is 12.3. The second-order valence-corrected chi connectivity index (χ2v) is 5.91. The van der Waals surface area contributed by atoms with Crippen molar-refractivity contribution in [2.45, 2.75) is 32.2 Å². The normalized spacial score (nSPS) is 12.4. The molecule has 1 unspecified atom stereocenters. The van der Waals surface area contributed by atoms with Gasteiger partial charge in [0.15, 0.2) is 0 Å². The lowest BCUT2D eigenvalue weighted by molar-refractivity contribution is -0.132. The Morgan fingerprint density at radius 1 is 1.26 bits per heavy atom. The fourth-order valence-corrected chi connectivity index (χ4v) is 2.88. The number of hydrogen-bond donors (Lipinski definition) is 1. The lowest BCUT2D eigenvalue weighted by Gasteiger charge is -2.23. The molecule has 0 aliphatic rings. The van der Waals surface area contributed by atoms with Crippen LogP contribution in [0.2, 0.25) is 0 Å². The molecule has 0 spiro atoms. The Morgan fingerprint density at radius 3 is 2.87 bits per heavy atom. The number of aryl methyl sites for hydroxylation is 1. The highest BCUT2D eigenvalue weighted by Crippen LogP contribution is 2.22. The molecule has 3 aromatic rings. The number of rotatable bonds is 6. The Labute approximate surface area is 136 Å². The molecule has 0 saturated heterocycles. The molecule has 1 aromatic carbocycles. The number of H-pyrrole nitrogens is 1. The number of benzene rings is 1. The predicted octanol–water partition coefficient (Wildman–Crippen LogP) is 4.30. The van der Waals surface area contributed by atoms with Gasteiger partial charge in [-0.25, -0.2) is 0 Å². The molecular formula is C19H22N2O2. The number of nitrogens with zero attached hydrogens (tertiary/aromatic N) is 1. The van der Waals surface area contributed by atoms with E-state index in [2.05, 4.69) is 17.1 Å². The third-order valence-electron chi connectivity index (χ3n) is 4.44. The number of aromatic amines is 1. The van der Waals surface area contributed by atoms with Gasteiger partial charge in [0.1, 0.15) is 5.76 Å². The van der Waals surface area contributed by atoms with Crippen LogP contribution in [0.4, 0.5) is 0 Å². The van der Waals surface area contributed by atoms with Gasteiger partial charge in [0.25, 0.3) is 0 Å². The van der Waals surface area contributed by atoms with Crippen molar-refractivity contribution < 1.29 is 9.21 Å². The Balaban J connectivity index is 1.55. The van der Waals surface area contributed by atoms with E-state index in [1.807, 2.05) is 44.4 Å². The molecule has 120 valence electrons. The molecule has 0 fully saturated rings. The zero-order valence-electron chi connectivity index (χ0n) is 13.6. The van der Waals surface area contributed by atoms with E-state index in [0.717, 1.165) is 24.1 Å². The molecule has 23 heavy (non-hydrogen) atoms. The van der Waals surface area contributed by atoms with Gasteiger partial charge in [-0.1, -0.05) is 18.2 Å². The van der Waals surface area contributed by atoms with E-state index in [-0.39, 0.29) is 11.9 Å². The van der Waals surface area contributed by atoms with Crippen molar-refractivity contribution in [1.82, 2.24) is 9.88 Å². The fraction of sp³-hybridized carbons (Fsp3) is 0.316. The highest BCUT2D eigenvalue weighted by molar-refractivity contribution is 5.83. The summed E-state index contributed by atoms with van der Waals surface area (Å²) in [4.78, 5) is 17.4. The number of carbonyl (C=O) groups excluding carboxylic acids is 1. The summed E-state index contributed by atoms with van der Waals surface area (Å²) in [6.07, 6.45) is 5.97. The summed E-state index contributed by atoms with van der Waals surface area (Å²) in [7, 11) is 1.83. The number of hydrogen-bond acceptors (Lipinski definition) is 2. The summed E-state index contributed by atoms with van der Waals surface area (Å²) in [5.41, 5.74) is 2.42. The smallest absolute Gasteiger partial charge is 0.222 e. The first-order valence-corrected chi connectivity index (χ1v) is 8.01. The van der Waals surface area contributed by atoms with Gasteiger partial charge in [0.05, 0.1) is 12.3 Å². The Kier molecular flexibility index (Phi) is 4.51. The van der Waals surface area contributed by atoms with Gasteiger partial charge in [-0.15, -0.1) is 0 Å². The summed E-state index contributed by atoms with van der Waals surface area (Å²) in [5, 5.41) is 1.25. The third kappa shape index (κ3) is 3.31. The van der Waals surface area contributed by atoms with Crippen LogP contribution in [0.3, 0.4) is 0 Å².